The summed E-state index contributed by atoms with van der Waals surface area (Å²) in [6.07, 6.45) is 38.7. The second kappa shape index (κ2) is 29.2. The van der Waals surface area contributed by atoms with Gasteiger partial charge in [-0.25, -0.2) is 4.79 Å². The Morgan fingerprint density at radius 1 is 0.512 bits per heavy atom. The Kier molecular flexibility index (Phi) is 26.8. The standard InChI is InChI=1S/C41H72O2/c1-5-9-13-15-17-19-21-23-25-27-31-40-37(29-11-7-3)32-33-38(39(40)30-12-8-4)34-35-41(42)43-36-28-26-24-22-20-18-16-14-10-6-2/h32-35H,5-31,36H2,1-4H3. The molecule has 0 N–H and O–H groups in total. The van der Waals surface area contributed by atoms with Gasteiger partial charge >= 0.3 is 5.97 Å². The molecule has 248 valence electrons. The Morgan fingerprint density at radius 2 is 0.953 bits per heavy atom. The molecular weight excluding hydrogens is 524 g/mol. The minimum absolute atomic E-state index is 0.191. The van der Waals surface area contributed by atoms with Gasteiger partial charge in [-0.05, 0) is 73.3 Å². The first kappa shape index (κ1) is 39.5. The average molecular weight is 597 g/mol. The van der Waals surface area contributed by atoms with Crippen molar-refractivity contribution in [1.29, 1.82) is 0 Å². The van der Waals surface area contributed by atoms with Crippen molar-refractivity contribution < 1.29 is 9.53 Å². The number of esters is 1. The number of rotatable bonds is 30. The van der Waals surface area contributed by atoms with Crippen molar-refractivity contribution in [3.05, 3.63) is 40.5 Å². The first-order valence-electron chi connectivity index (χ1n) is 19.2. The molecule has 0 amide bonds. The Bertz CT molecular complexity index is 808. The predicted molar refractivity (Wildman–Crippen MR) is 191 cm³/mol. The van der Waals surface area contributed by atoms with Crippen LogP contribution in [0.4, 0.5) is 0 Å². The van der Waals surface area contributed by atoms with E-state index < -0.39 is 0 Å². The Hall–Kier alpha value is -1.57. The normalized spacial score (nSPS) is 11.5. The molecule has 43 heavy (non-hydrogen) atoms. The number of carbonyl (C=O) groups excluding carboxylic acids is 1. The largest absolute Gasteiger partial charge is 0.463 e. The van der Waals surface area contributed by atoms with Crippen molar-refractivity contribution in [3.63, 3.8) is 0 Å². The first-order valence-corrected chi connectivity index (χ1v) is 19.2. The minimum Gasteiger partial charge on any atom is -0.463 e. The molecule has 0 aromatic heterocycles. The monoisotopic (exact) mass is 597 g/mol. The first-order chi connectivity index (χ1) is 21.2. The zero-order valence-corrected chi connectivity index (χ0v) is 29.4. The summed E-state index contributed by atoms with van der Waals surface area (Å²) in [5.74, 6) is -0.191. The van der Waals surface area contributed by atoms with Gasteiger partial charge in [0.1, 0.15) is 0 Å². The van der Waals surface area contributed by atoms with Crippen LogP contribution in [0.5, 0.6) is 0 Å². The molecule has 0 heterocycles. The summed E-state index contributed by atoms with van der Waals surface area (Å²) in [7, 11) is 0. The highest BCUT2D eigenvalue weighted by molar-refractivity contribution is 5.87. The molecule has 0 saturated heterocycles. The Balaban J connectivity index is 2.60. The molecule has 0 aliphatic rings. The van der Waals surface area contributed by atoms with Crippen molar-refractivity contribution in [2.45, 2.75) is 201 Å². The van der Waals surface area contributed by atoms with Crippen LogP contribution in [0.25, 0.3) is 6.08 Å². The van der Waals surface area contributed by atoms with Crippen LogP contribution in [0.3, 0.4) is 0 Å². The molecular formula is C41H72O2. The van der Waals surface area contributed by atoms with Gasteiger partial charge in [0.15, 0.2) is 0 Å². The molecule has 2 heteroatoms. The van der Waals surface area contributed by atoms with E-state index in [1.807, 2.05) is 6.08 Å². The third-order valence-corrected chi connectivity index (χ3v) is 9.07. The van der Waals surface area contributed by atoms with Crippen molar-refractivity contribution >= 4 is 12.0 Å². The van der Waals surface area contributed by atoms with Gasteiger partial charge in [-0.2, -0.15) is 0 Å². The van der Waals surface area contributed by atoms with Gasteiger partial charge < -0.3 is 4.74 Å². The van der Waals surface area contributed by atoms with E-state index in [0.717, 1.165) is 19.3 Å². The van der Waals surface area contributed by atoms with Gasteiger partial charge in [0.05, 0.1) is 6.61 Å². The van der Waals surface area contributed by atoms with Crippen LogP contribution < -0.4 is 0 Å². The topological polar surface area (TPSA) is 26.3 Å². The van der Waals surface area contributed by atoms with Crippen molar-refractivity contribution in [1.82, 2.24) is 0 Å². The van der Waals surface area contributed by atoms with Crippen LogP contribution in [0, 0.1) is 0 Å². The fourth-order valence-corrected chi connectivity index (χ4v) is 6.23. The number of carbonyl (C=O) groups is 1. The molecule has 0 fully saturated rings. The third-order valence-electron chi connectivity index (χ3n) is 9.07. The molecule has 1 aromatic rings. The molecule has 0 saturated carbocycles. The van der Waals surface area contributed by atoms with Crippen molar-refractivity contribution in [2.75, 3.05) is 6.61 Å². The molecule has 0 aliphatic heterocycles. The number of aryl methyl sites for hydroxylation is 1. The lowest BCUT2D eigenvalue weighted by Gasteiger charge is -2.18. The fourth-order valence-electron chi connectivity index (χ4n) is 6.23. The smallest absolute Gasteiger partial charge is 0.330 e. The van der Waals surface area contributed by atoms with E-state index in [9.17, 15) is 4.79 Å². The molecule has 0 unspecified atom stereocenters. The van der Waals surface area contributed by atoms with E-state index in [1.165, 1.54) is 165 Å². The third kappa shape index (κ3) is 20.9. The number of hydrogen-bond acceptors (Lipinski definition) is 2. The van der Waals surface area contributed by atoms with Crippen LogP contribution in [0.2, 0.25) is 0 Å². The second-order valence-electron chi connectivity index (χ2n) is 13.1. The van der Waals surface area contributed by atoms with Gasteiger partial charge in [0.2, 0.25) is 0 Å². The van der Waals surface area contributed by atoms with Crippen LogP contribution in [0.1, 0.15) is 204 Å². The molecule has 0 bridgehead atoms. The summed E-state index contributed by atoms with van der Waals surface area (Å²) in [5.41, 5.74) is 5.85. The van der Waals surface area contributed by atoms with Crippen LogP contribution >= 0.6 is 0 Å². The highest BCUT2D eigenvalue weighted by Crippen LogP contribution is 2.27. The van der Waals surface area contributed by atoms with Gasteiger partial charge in [-0.15, -0.1) is 0 Å². The van der Waals surface area contributed by atoms with Crippen LogP contribution in [0.15, 0.2) is 18.2 Å². The lowest BCUT2D eigenvalue weighted by atomic mass is 9.87. The van der Waals surface area contributed by atoms with Crippen molar-refractivity contribution in [3.8, 4) is 0 Å². The molecule has 0 aliphatic carbocycles. The summed E-state index contributed by atoms with van der Waals surface area (Å²) >= 11 is 0. The maximum atomic E-state index is 12.6. The maximum absolute atomic E-state index is 12.6. The predicted octanol–water partition coefficient (Wildman–Crippen LogP) is 13.3. The van der Waals surface area contributed by atoms with E-state index in [-0.39, 0.29) is 5.97 Å². The van der Waals surface area contributed by atoms with E-state index in [2.05, 4.69) is 39.8 Å². The summed E-state index contributed by atoms with van der Waals surface area (Å²) in [6, 6.07) is 4.62. The van der Waals surface area contributed by atoms with E-state index >= 15 is 0 Å². The van der Waals surface area contributed by atoms with E-state index in [0.29, 0.717) is 6.61 Å². The highest BCUT2D eigenvalue weighted by atomic mass is 16.5. The van der Waals surface area contributed by atoms with E-state index in [4.69, 9.17) is 4.74 Å². The molecule has 0 atom stereocenters. The lowest BCUT2D eigenvalue weighted by molar-refractivity contribution is -0.137. The van der Waals surface area contributed by atoms with E-state index in [1.54, 1.807) is 17.2 Å². The van der Waals surface area contributed by atoms with Crippen LogP contribution in [-0.4, -0.2) is 12.6 Å². The SMILES string of the molecule is CCCCCCCCCCCCOC(=O)C=Cc1ccc(CCCC)c(CCCCCCCCCCCC)c1CCCC. The summed E-state index contributed by atoms with van der Waals surface area (Å²) in [5, 5.41) is 0. The Labute approximate surface area is 269 Å². The maximum Gasteiger partial charge on any atom is 0.330 e. The van der Waals surface area contributed by atoms with Crippen LogP contribution in [-0.2, 0) is 28.8 Å². The molecule has 2 nitrogen and oxygen atoms in total. The summed E-state index contributed by atoms with van der Waals surface area (Å²) in [4.78, 5) is 12.6. The molecule has 0 spiro atoms. The van der Waals surface area contributed by atoms with Gasteiger partial charge in [-0.3, -0.25) is 0 Å². The minimum atomic E-state index is -0.191. The molecule has 1 aromatic carbocycles. The number of benzene rings is 1. The number of unbranched alkanes of at least 4 members (excludes halogenated alkanes) is 20. The summed E-state index contributed by atoms with van der Waals surface area (Å²) in [6.45, 7) is 9.68. The fraction of sp³-hybridized carbons (Fsp3) is 0.780. The average Bonchev–Trinajstić information content (AvgIpc) is 3.02. The van der Waals surface area contributed by atoms with Gasteiger partial charge in [-0.1, -0.05) is 168 Å². The molecule has 0 radical (unpaired) electrons. The summed E-state index contributed by atoms with van der Waals surface area (Å²) < 4.78 is 5.58. The van der Waals surface area contributed by atoms with Gasteiger partial charge in [0.25, 0.3) is 0 Å². The zero-order valence-electron chi connectivity index (χ0n) is 29.4. The zero-order chi connectivity index (χ0) is 31.2. The van der Waals surface area contributed by atoms with Gasteiger partial charge in [0, 0.05) is 6.08 Å². The highest BCUT2D eigenvalue weighted by Gasteiger charge is 2.13. The number of ether oxygens (including phenoxy) is 1. The van der Waals surface area contributed by atoms with Crippen molar-refractivity contribution in [2.24, 2.45) is 0 Å². The second-order valence-corrected chi connectivity index (χ2v) is 13.1. The molecule has 1 rings (SSSR count). The quantitative estimate of drug-likeness (QED) is 0.0501. The lowest BCUT2D eigenvalue weighted by Crippen LogP contribution is -2.05. The number of hydrogen-bond donors (Lipinski definition) is 0. The Morgan fingerprint density at radius 3 is 1.49 bits per heavy atom.